The number of nitriles is 1. The van der Waals surface area contributed by atoms with Crippen LogP contribution in [0.1, 0.15) is 36.8 Å². The zero-order valence-electron chi connectivity index (χ0n) is 18.0. The molecule has 166 valence electrons. The predicted molar refractivity (Wildman–Crippen MR) is 115 cm³/mol. The summed E-state index contributed by atoms with van der Waals surface area (Å²) in [4.78, 5) is 21.6. The number of ether oxygens (including phenoxy) is 2. The van der Waals surface area contributed by atoms with Gasteiger partial charge in [0.15, 0.2) is 11.6 Å². The molecule has 3 fully saturated rings. The van der Waals surface area contributed by atoms with Crippen LogP contribution in [0.5, 0.6) is 5.75 Å². The molecule has 0 N–H and O–H groups in total. The van der Waals surface area contributed by atoms with Gasteiger partial charge in [0.25, 0.3) is 0 Å². The van der Waals surface area contributed by atoms with Crippen LogP contribution in [0.2, 0.25) is 0 Å². The van der Waals surface area contributed by atoms with E-state index in [0.717, 1.165) is 37.1 Å². The Labute approximate surface area is 186 Å². The van der Waals surface area contributed by atoms with Crippen LogP contribution in [0.4, 0.5) is 10.2 Å². The summed E-state index contributed by atoms with van der Waals surface area (Å²) in [7, 11) is 1.44. The van der Waals surface area contributed by atoms with Crippen molar-refractivity contribution in [3.63, 3.8) is 0 Å². The maximum absolute atomic E-state index is 13.8. The van der Waals surface area contributed by atoms with Crippen molar-refractivity contribution in [1.82, 2.24) is 9.88 Å². The summed E-state index contributed by atoms with van der Waals surface area (Å²) in [6.45, 7) is 1.28. The van der Waals surface area contributed by atoms with E-state index >= 15 is 0 Å². The summed E-state index contributed by atoms with van der Waals surface area (Å²) in [5, 5.41) is 8.99. The van der Waals surface area contributed by atoms with Crippen LogP contribution in [0.3, 0.4) is 0 Å². The average Bonchev–Trinajstić information content (AvgIpc) is 3.57. The molecular formula is C24H25FN4O3. The van der Waals surface area contributed by atoms with Gasteiger partial charge in [0.2, 0.25) is 5.91 Å². The zero-order chi connectivity index (χ0) is 22.3. The quantitative estimate of drug-likeness (QED) is 0.693. The Morgan fingerprint density at radius 2 is 2.00 bits per heavy atom. The third-order valence-electron chi connectivity index (χ3n) is 6.83. The number of aromatic nitrogens is 1. The molecule has 0 radical (unpaired) electrons. The molecule has 2 unspecified atom stereocenters. The molecule has 2 aliphatic heterocycles. The molecule has 1 aliphatic carbocycles. The van der Waals surface area contributed by atoms with Crippen LogP contribution in [0.15, 0.2) is 36.5 Å². The standard InChI is InChI=1S/C24H25FN4O3/c1-31-21-10-17(3-6-20(21)25)24(8-9-24)32-15-23(30)28-13-18-4-5-19(14-28)29(18)22-7-2-16(11-26)12-27-22/h2-3,6-7,10,12,18-19H,4-5,8-9,13-15H2,1H3. The van der Waals surface area contributed by atoms with Crippen molar-refractivity contribution in [2.75, 3.05) is 31.7 Å². The van der Waals surface area contributed by atoms with Crippen molar-refractivity contribution in [3.05, 3.63) is 53.5 Å². The van der Waals surface area contributed by atoms with E-state index < -0.39 is 11.4 Å². The summed E-state index contributed by atoms with van der Waals surface area (Å²) >= 11 is 0. The molecule has 1 saturated carbocycles. The summed E-state index contributed by atoms with van der Waals surface area (Å²) in [5.74, 6) is 0.623. The Bertz CT molecular complexity index is 1050. The molecule has 3 aliphatic rings. The summed E-state index contributed by atoms with van der Waals surface area (Å²) in [6, 6.07) is 11.0. The van der Waals surface area contributed by atoms with Crippen LogP contribution >= 0.6 is 0 Å². The average molecular weight is 436 g/mol. The number of hydrogen-bond acceptors (Lipinski definition) is 6. The Morgan fingerprint density at radius 3 is 2.59 bits per heavy atom. The lowest BCUT2D eigenvalue weighted by atomic mass is 10.1. The second-order valence-electron chi connectivity index (χ2n) is 8.74. The Kier molecular flexibility index (Phi) is 5.22. The monoisotopic (exact) mass is 436 g/mol. The van der Waals surface area contributed by atoms with E-state index in [9.17, 15) is 9.18 Å². The van der Waals surface area contributed by atoms with Gasteiger partial charge in [-0.3, -0.25) is 4.79 Å². The van der Waals surface area contributed by atoms with Crippen molar-refractivity contribution in [1.29, 1.82) is 5.26 Å². The first-order valence-corrected chi connectivity index (χ1v) is 10.9. The topological polar surface area (TPSA) is 78.7 Å². The predicted octanol–water partition coefficient (Wildman–Crippen LogP) is 2.99. The first-order chi connectivity index (χ1) is 15.5. The fourth-order valence-electron chi connectivity index (χ4n) is 4.95. The van der Waals surface area contributed by atoms with Gasteiger partial charge in [-0.1, -0.05) is 6.07 Å². The lowest BCUT2D eigenvalue weighted by molar-refractivity contribution is -0.140. The molecule has 1 aromatic carbocycles. The van der Waals surface area contributed by atoms with Gasteiger partial charge >= 0.3 is 0 Å². The van der Waals surface area contributed by atoms with E-state index in [1.807, 2.05) is 11.0 Å². The number of hydrogen-bond donors (Lipinski definition) is 0. The smallest absolute Gasteiger partial charge is 0.248 e. The molecule has 2 aromatic rings. The number of anilines is 1. The largest absolute Gasteiger partial charge is 0.494 e. The van der Waals surface area contributed by atoms with Gasteiger partial charge < -0.3 is 19.3 Å². The third-order valence-corrected chi connectivity index (χ3v) is 6.83. The minimum absolute atomic E-state index is 0.00818. The molecule has 8 heteroatoms. The van der Waals surface area contributed by atoms with Gasteiger partial charge in [0, 0.05) is 31.4 Å². The van der Waals surface area contributed by atoms with Crippen molar-refractivity contribution in [3.8, 4) is 11.8 Å². The summed E-state index contributed by atoms with van der Waals surface area (Å²) in [5.41, 5.74) is 0.865. The van der Waals surface area contributed by atoms with Crippen LogP contribution in [0.25, 0.3) is 0 Å². The first kappa shape index (κ1) is 20.7. The van der Waals surface area contributed by atoms with Crippen molar-refractivity contribution in [2.45, 2.75) is 43.4 Å². The summed E-state index contributed by atoms with van der Waals surface area (Å²) in [6.07, 6.45) is 5.23. The van der Waals surface area contributed by atoms with E-state index in [1.165, 1.54) is 13.2 Å². The highest BCUT2D eigenvalue weighted by Crippen LogP contribution is 2.50. The Balaban J connectivity index is 1.22. The van der Waals surface area contributed by atoms with E-state index in [-0.39, 0.29) is 30.3 Å². The number of carbonyl (C=O) groups is 1. The van der Waals surface area contributed by atoms with E-state index in [2.05, 4.69) is 16.0 Å². The van der Waals surface area contributed by atoms with E-state index in [1.54, 1.807) is 24.4 Å². The van der Waals surface area contributed by atoms with Gasteiger partial charge in [0.1, 0.15) is 18.5 Å². The zero-order valence-corrected chi connectivity index (χ0v) is 18.0. The van der Waals surface area contributed by atoms with Gasteiger partial charge in [-0.05, 0) is 55.5 Å². The molecule has 7 nitrogen and oxygen atoms in total. The number of pyridine rings is 1. The number of fused-ring (bicyclic) bond motifs is 2. The highest BCUT2D eigenvalue weighted by atomic mass is 19.1. The molecule has 3 heterocycles. The number of piperazine rings is 1. The number of halogens is 1. The van der Waals surface area contributed by atoms with Gasteiger partial charge in [-0.2, -0.15) is 5.26 Å². The SMILES string of the molecule is COc1cc(C2(OCC(=O)N3CC4CCC(C3)N4c3ccc(C#N)cn3)CC2)ccc1F. The van der Waals surface area contributed by atoms with Gasteiger partial charge in [0.05, 0.1) is 18.3 Å². The number of likely N-dealkylation sites (tertiary alicyclic amines) is 1. The minimum atomic E-state index is -0.524. The Morgan fingerprint density at radius 1 is 1.25 bits per heavy atom. The van der Waals surface area contributed by atoms with Gasteiger partial charge in [-0.25, -0.2) is 9.37 Å². The number of benzene rings is 1. The minimum Gasteiger partial charge on any atom is -0.494 e. The number of carbonyl (C=O) groups excluding carboxylic acids is 1. The van der Waals surface area contributed by atoms with Crippen molar-refractivity contribution in [2.24, 2.45) is 0 Å². The maximum Gasteiger partial charge on any atom is 0.248 e. The number of methoxy groups -OCH3 is 1. The number of rotatable bonds is 6. The molecule has 5 rings (SSSR count). The molecule has 0 spiro atoms. The molecule has 1 amide bonds. The van der Waals surface area contributed by atoms with E-state index in [0.29, 0.717) is 18.7 Å². The number of nitrogens with zero attached hydrogens (tertiary/aromatic N) is 4. The molecule has 2 bridgehead atoms. The molecular weight excluding hydrogens is 411 g/mol. The molecule has 32 heavy (non-hydrogen) atoms. The highest BCUT2D eigenvalue weighted by Gasteiger charge is 2.47. The maximum atomic E-state index is 13.8. The second-order valence-corrected chi connectivity index (χ2v) is 8.74. The summed E-state index contributed by atoms with van der Waals surface area (Å²) < 4.78 is 24.9. The first-order valence-electron chi connectivity index (χ1n) is 10.9. The highest BCUT2D eigenvalue weighted by molar-refractivity contribution is 5.78. The van der Waals surface area contributed by atoms with Crippen LogP contribution in [0, 0.1) is 17.1 Å². The van der Waals surface area contributed by atoms with Crippen molar-refractivity contribution < 1.29 is 18.7 Å². The molecule has 1 aromatic heterocycles. The molecule has 2 saturated heterocycles. The Hall–Kier alpha value is -3.18. The fraction of sp³-hybridized carbons (Fsp3) is 0.458. The fourth-order valence-corrected chi connectivity index (χ4v) is 4.95. The van der Waals surface area contributed by atoms with Crippen LogP contribution in [-0.4, -0.2) is 54.7 Å². The normalized spacial score (nSPS) is 23.0. The van der Waals surface area contributed by atoms with Crippen molar-refractivity contribution >= 4 is 11.7 Å². The lowest BCUT2D eigenvalue weighted by Gasteiger charge is -2.41. The van der Waals surface area contributed by atoms with Crippen LogP contribution < -0.4 is 9.64 Å². The molecule has 2 atom stereocenters. The van der Waals surface area contributed by atoms with Gasteiger partial charge in [-0.15, -0.1) is 0 Å². The van der Waals surface area contributed by atoms with Crippen LogP contribution in [-0.2, 0) is 15.1 Å². The number of amides is 1. The third kappa shape index (κ3) is 3.67. The lowest BCUT2D eigenvalue weighted by Crippen LogP contribution is -2.56. The second kappa shape index (κ2) is 8.06. The van der Waals surface area contributed by atoms with E-state index in [4.69, 9.17) is 14.7 Å².